The third-order valence-electron chi connectivity index (χ3n) is 2.86. The Morgan fingerprint density at radius 3 is 2.60 bits per heavy atom. The van der Waals surface area contributed by atoms with Gasteiger partial charge in [-0.1, -0.05) is 13.0 Å². The minimum absolute atomic E-state index is 0.0139. The van der Waals surface area contributed by atoms with Crippen LogP contribution in [0.25, 0.3) is 0 Å². The van der Waals surface area contributed by atoms with Crippen LogP contribution in [-0.4, -0.2) is 29.1 Å². The van der Waals surface area contributed by atoms with Gasteiger partial charge in [0.05, 0.1) is 0 Å². The summed E-state index contributed by atoms with van der Waals surface area (Å²) < 4.78 is 18.7. The molecule has 6 heteroatoms. The largest absolute Gasteiger partial charge is 0.480 e. The summed E-state index contributed by atoms with van der Waals surface area (Å²) in [6.07, 6.45) is -0.150. The van der Waals surface area contributed by atoms with Crippen molar-refractivity contribution in [3.05, 3.63) is 29.6 Å². The summed E-state index contributed by atoms with van der Waals surface area (Å²) in [5, 5.41) is 11.7. The Hall–Kier alpha value is -2.11. The van der Waals surface area contributed by atoms with Crippen LogP contribution in [0.1, 0.15) is 37.6 Å². The van der Waals surface area contributed by atoms with Crippen molar-refractivity contribution in [2.24, 2.45) is 0 Å². The lowest BCUT2D eigenvalue weighted by Gasteiger charge is -2.18. The number of hydrogen-bond acceptors (Lipinski definition) is 3. The molecule has 5 nitrogen and oxygen atoms in total. The number of ether oxygens (including phenoxy) is 1. The number of halogens is 1. The Bertz CT molecular complexity index is 504. The highest BCUT2D eigenvalue weighted by Crippen LogP contribution is 2.22. The molecular formula is C14H18FNO4. The first kappa shape index (κ1) is 15.9. The van der Waals surface area contributed by atoms with Crippen molar-refractivity contribution in [3.63, 3.8) is 0 Å². The smallest absolute Gasteiger partial charge is 0.342 e. The van der Waals surface area contributed by atoms with Gasteiger partial charge in [-0.15, -0.1) is 0 Å². The topological polar surface area (TPSA) is 75.6 Å². The fourth-order valence-electron chi connectivity index (χ4n) is 1.52. The van der Waals surface area contributed by atoms with Crippen molar-refractivity contribution >= 4 is 11.9 Å². The van der Waals surface area contributed by atoms with Gasteiger partial charge in [-0.25, -0.2) is 9.18 Å². The molecule has 1 aromatic carbocycles. The maximum Gasteiger partial charge on any atom is 0.342 e. The van der Waals surface area contributed by atoms with E-state index in [-0.39, 0.29) is 17.7 Å². The highest BCUT2D eigenvalue weighted by molar-refractivity contribution is 5.91. The predicted molar refractivity (Wildman–Crippen MR) is 71.3 cm³/mol. The lowest BCUT2D eigenvalue weighted by Crippen LogP contribution is -2.41. The van der Waals surface area contributed by atoms with Gasteiger partial charge in [0.15, 0.2) is 6.10 Å². The number of hydrogen-bond donors (Lipinski definition) is 2. The normalized spacial score (nSPS) is 13.4. The Morgan fingerprint density at radius 1 is 1.40 bits per heavy atom. The molecule has 0 radical (unpaired) electrons. The van der Waals surface area contributed by atoms with Crippen LogP contribution in [0.4, 0.5) is 4.39 Å². The van der Waals surface area contributed by atoms with Crippen LogP contribution in [0.15, 0.2) is 18.2 Å². The molecule has 0 fully saturated rings. The molecule has 0 saturated heterocycles. The number of rotatable bonds is 6. The average molecular weight is 283 g/mol. The Kier molecular flexibility index (Phi) is 5.49. The molecule has 0 saturated carbocycles. The number of carbonyl (C=O) groups excluding carboxylic acids is 1. The summed E-state index contributed by atoms with van der Waals surface area (Å²) in [5.74, 6) is -2.87. The van der Waals surface area contributed by atoms with Gasteiger partial charge < -0.3 is 15.2 Å². The van der Waals surface area contributed by atoms with Crippen LogP contribution in [0.5, 0.6) is 5.75 Å². The molecule has 0 aliphatic heterocycles. The highest BCUT2D eigenvalue weighted by Gasteiger charge is 2.22. The molecule has 1 amide bonds. The van der Waals surface area contributed by atoms with Crippen molar-refractivity contribution in [2.75, 3.05) is 0 Å². The molecule has 2 N–H and O–H groups in total. The van der Waals surface area contributed by atoms with Gasteiger partial charge in [0.2, 0.25) is 0 Å². The van der Waals surface area contributed by atoms with E-state index in [1.807, 2.05) is 13.8 Å². The quantitative estimate of drug-likeness (QED) is 0.839. The van der Waals surface area contributed by atoms with Crippen LogP contribution >= 0.6 is 0 Å². The summed E-state index contributed by atoms with van der Waals surface area (Å²) in [6, 6.07) is 3.66. The molecule has 2 atom stereocenters. The zero-order valence-corrected chi connectivity index (χ0v) is 11.6. The number of nitrogens with one attached hydrogen (secondary N) is 1. The lowest BCUT2D eigenvalue weighted by atomic mass is 10.2. The maximum absolute atomic E-state index is 13.5. The molecular weight excluding hydrogens is 265 g/mol. The van der Waals surface area contributed by atoms with Crippen molar-refractivity contribution < 1.29 is 23.8 Å². The Morgan fingerprint density at radius 2 is 2.05 bits per heavy atom. The SMILES string of the molecule is CCC(C)NC(=O)C(C)Oc1cccc(F)c1C(=O)O. The minimum atomic E-state index is -1.44. The van der Waals surface area contributed by atoms with Crippen LogP contribution in [0.2, 0.25) is 0 Å². The molecule has 0 aliphatic carbocycles. The Balaban J connectivity index is 2.86. The molecule has 2 unspecified atom stereocenters. The van der Waals surface area contributed by atoms with E-state index >= 15 is 0 Å². The molecule has 0 aromatic heterocycles. The third kappa shape index (κ3) is 3.94. The van der Waals surface area contributed by atoms with Crippen molar-refractivity contribution in [1.29, 1.82) is 0 Å². The van der Waals surface area contributed by atoms with Gasteiger partial charge in [-0.2, -0.15) is 0 Å². The molecule has 20 heavy (non-hydrogen) atoms. The van der Waals surface area contributed by atoms with Gasteiger partial charge >= 0.3 is 5.97 Å². The zero-order valence-electron chi connectivity index (χ0n) is 11.6. The summed E-state index contributed by atoms with van der Waals surface area (Å²) >= 11 is 0. The van der Waals surface area contributed by atoms with E-state index in [1.165, 1.54) is 19.1 Å². The highest BCUT2D eigenvalue weighted by atomic mass is 19.1. The lowest BCUT2D eigenvalue weighted by molar-refractivity contribution is -0.127. The van der Waals surface area contributed by atoms with Gasteiger partial charge in [-0.3, -0.25) is 4.79 Å². The average Bonchev–Trinajstić information content (AvgIpc) is 2.37. The predicted octanol–water partition coefficient (Wildman–Crippen LogP) is 2.21. The number of carboxylic acid groups (broad SMARTS) is 1. The van der Waals surface area contributed by atoms with Gasteiger partial charge in [0.25, 0.3) is 5.91 Å². The van der Waals surface area contributed by atoms with Crippen molar-refractivity contribution in [2.45, 2.75) is 39.3 Å². The fraction of sp³-hybridized carbons (Fsp3) is 0.429. The van der Waals surface area contributed by atoms with E-state index in [1.54, 1.807) is 0 Å². The molecule has 0 bridgehead atoms. The second-order valence-electron chi connectivity index (χ2n) is 4.50. The van der Waals surface area contributed by atoms with Crippen LogP contribution < -0.4 is 10.1 Å². The first-order chi connectivity index (χ1) is 9.36. The summed E-state index contributed by atoms with van der Waals surface area (Å²) in [5.41, 5.74) is -0.573. The van der Waals surface area contributed by atoms with Crippen LogP contribution in [0, 0.1) is 5.82 Å². The summed E-state index contributed by atoms with van der Waals surface area (Å²) in [7, 11) is 0. The van der Waals surface area contributed by atoms with E-state index in [4.69, 9.17) is 9.84 Å². The van der Waals surface area contributed by atoms with Gasteiger partial charge in [0, 0.05) is 6.04 Å². The number of carboxylic acids is 1. The van der Waals surface area contributed by atoms with E-state index in [0.29, 0.717) is 0 Å². The summed E-state index contributed by atoms with van der Waals surface area (Å²) in [4.78, 5) is 22.8. The first-order valence-corrected chi connectivity index (χ1v) is 6.35. The number of aromatic carboxylic acids is 1. The van der Waals surface area contributed by atoms with Crippen molar-refractivity contribution in [1.82, 2.24) is 5.32 Å². The third-order valence-corrected chi connectivity index (χ3v) is 2.86. The van der Waals surface area contributed by atoms with Gasteiger partial charge in [0.1, 0.15) is 17.1 Å². The molecule has 0 spiro atoms. The number of benzene rings is 1. The van der Waals surface area contributed by atoms with Gasteiger partial charge in [-0.05, 0) is 32.4 Å². The van der Waals surface area contributed by atoms with E-state index < -0.39 is 23.5 Å². The fourth-order valence-corrected chi connectivity index (χ4v) is 1.52. The van der Waals surface area contributed by atoms with Crippen LogP contribution in [-0.2, 0) is 4.79 Å². The standard InChI is InChI=1S/C14H18FNO4/c1-4-8(2)16-13(17)9(3)20-11-7-5-6-10(15)12(11)14(18)19/h5-9H,4H2,1-3H3,(H,16,17)(H,18,19). The van der Waals surface area contributed by atoms with E-state index in [2.05, 4.69) is 5.32 Å². The first-order valence-electron chi connectivity index (χ1n) is 6.35. The van der Waals surface area contributed by atoms with E-state index in [9.17, 15) is 14.0 Å². The van der Waals surface area contributed by atoms with Crippen molar-refractivity contribution in [3.8, 4) is 5.75 Å². The molecule has 110 valence electrons. The molecule has 1 rings (SSSR count). The zero-order chi connectivity index (χ0) is 15.3. The summed E-state index contributed by atoms with van der Waals surface area (Å²) in [6.45, 7) is 5.25. The molecule has 0 aliphatic rings. The number of carbonyl (C=O) groups is 2. The van der Waals surface area contributed by atoms with E-state index in [0.717, 1.165) is 12.5 Å². The Labute approximate surface area is 116 Å². The molecule has 1 aromatic rings. The monoisotopic (exact) mass is 283 g/mol. The maximum atomic E-state index is 13.5. The molecule has 0 heterocycles. The second-order valence-corrected chi connectivity index (χ2v) is 4.50. The second kappa shape index (κ2) is 6.88. The minimum Gasteiger partial charge on any atom is -0.480 e. The number of amides is 1. The van der Waals surface area contributed by atoms with Crippen LogP contribution in [0.3, 0.4) is 0 Å².